The average Bonchev–Trinajstić information content (AvgIpc) is 2.58. The number of anilines is 2. The Bertz CT molecular complexity index is 623. The molecule has 0 aromatic heterocycles. The summed E-state index contributed by atoms with van der Waals surface area (Å²) < 4.78 is 5.81. The molecule has 1 aromatic carbocycles. The smallest absolute Gasteiger partial charge is 0.236 e. The predicted octanol–water partition coefficient (Wildman–Crippen LogP) is 3.36. The van der Waals surface area contributed by atoms with Crippen LogP contribution in [0.4, 0.5) is 11.4 Å². The van der Waals surface area contributed by atoms with Gasteiger partial charge in [-0.25, -0.2) is 0 Å². The molecule has 1 aliphatic heterocycles. The van der Waals surface area contributed by atoms with Gasteiger partial charge in [-0.3, -0.25) is 9.59 Å². The summed E-state index contributed by atoms with van der Waals surface area (Å²) >= 11 is 0. The molecule has 0 unspecified atom stereocenters. The molecule has 1 aromatic rings. The van der Waals surface area contributed by atoms with E-state index in [1.807, 2.05) is 20.8 Å². The summed E-state index contributed by atoms with van der Waals surface area (Å²) in [6, 6.07) is 5.37. The summed E-state index contributed by atoms with van der Waals surface area (Å²) in [4.78, 5) is 26.2. The minimum absolute atomic E-state index is 0.0202. The molecule has 0 radical (unpaired) electrons. The Morgan fingerprint density at radius 1 is 1.48 bits per heavy atom. The molecule has 0 saturated carbocycles. The van der Waals surface area contributed by atoms with Crippen molar-refractivity contribution in [2.45, 2.75) is 33.6 Å². The zero-order chi connectivity index (χ0) is 17.0. The number of carbonyl (C=O) groups is 2. The van der Waals surface area contributed by atoms with E-state index in [-0.39, 0.29) is 11.8 Å². The van der Waals surface area contributed by atoms with Crippen LogP contribution in [0.25, 0.3) is 0 Å². The lowest BCUT2D eigenvalue weighted by atomic mass is 9.93. The molecular formula is C18H24N2O3. The van der Waals surface area contributed by atoms with Crippen LogP contribution < -0.4 is 15.0 Å². The van der Waals surface area contributed by atoms with Gasteiger partial charge in [-0.2, -0.15) is 0 Å². The van der Waals surface area contributed by atoms with Crippen molar-refractivity contribution in [3.8, 4) is 5.75 Å². The number of hydrogen-bond donors (Lipinski definition) is 1. The Labute approximate surface area is 137 Å². The monoisotopic (exact) mass is 316 g/mol. The normalized spacial score (nSPS) is 16.1. The number of benzene rings is 1. The Morgan fingerprint density at radius 3 is 2.87 bits per heavy atom. The average molecular weight is 316 g/mol. The quantitative estimate of drug-likeness (QED) is 0.847. The number of ether oxygens (including phenoxy) is 1. The fourth-order valence-corrected chi connectivity index (χ4v) is 2.48. The van der Waals surface area contributed by atoms with E-state index in [9.17, 15) is 9.59 Å². The molecule has 0 aliphatic carbocycles. The van der Waals surface area contributed by atoms with E-state index in [4.69, 9.17) is 4.74 Å². The molecule has 1 aliphatic rings. The van der Waals surface area contributed by atoms with E-state index in [2.05, 4.69) is 11.9 Å². The first-order valence-electron chi connectivity index (χ1n) is 7.88. The second-order valence-electron chi connectivity index (χ2n) is 6.36. The highest BCUT2D eigenvalue weighted by Gasteiger charge is 2.37. The van der Waals surface area contributed by atoms with Gasteiger partial charge in [0.2, 0.25) is 11.8 Å². The second kappa shape index (κ2) is 6.86. The fourth-order valence-electron chi connectivity index (χ4n) is 2.48. The molecule has 0 spiro atoms. The second-order valence-corrected chi connectivity index (χ2v) is 6.36. The van der Waals surface area contributed by atoms with Crippen molar-refractivity contribution in [1.82, 2.24) is 0 Å². The first kappa shape index (κ1) is 17.1. The van der Waals surface area contributed by atoms with Gasteiger partial charge < -0.3 is 15.0 Å². The topological polar surface area (TPSA) is 58.6 Å². The summed E-state index contributed by atoms with van der Waals surface area (Å²) in [6.45, 7) is 10.1. The van der Waals surface area contributed by atoms with Gasteiger partial charge in [-0.15, -0.1) is 6.58 Å². The van der Waals surface area contributed by atoms with Crippen molar-refractivity contribution >= 4 is 23.2 Å². The van der Waals surface area contributed by atoms with Gasteiger partial charge in [-0.1, -0.05) is 13.0 Å². The lowest BCUT2D eigenvalue weighted by Gasteiger charge is -2.27. The van der Waals surface area contributed by atoms with E-state index in [1.54, 1.807) is 29.2 Å². The van der Waals surface area contributed by atoms with Gasteiger partial charge in [0, 0.05) is 18.7 Å². The number of carbonyl (C=O) groups excluding carboxylic acids is 2. The number of nitrogens with zero attached hydrogens (tertiary/aromatic N) is 1. The molecule has 1 N–H and O–H groups in total. The minimum Gasteiger partial charge on any atom is -0.490 e. The van der Waals surface area contributed by atoms with Crippen molar-refractivity contribution in [2.24, 2.45) is 5.41 Å². The Kier molecular flexibility index (Phi) is 5.08. The molecule has 0 fully saturated rings. The number of nitrogens with one attached hydrogen (secondary N) is 1. The number of fused-ring (bicyclic) bond motifs is 1. The van der Waals surface area contributed by atoms with Gasteiger partial charge in [0.05, 0.1) is 11.1 Å². The zero-order valence-electron chi connectivity index (χ0n) is 14.0. The number of amides is 2. The van der Waals surface area contributed by atoms with Gasteiger partial charge in [-0.05, 0) is 38.5 Å². The molecule has 23 heavy (non-hydrogen) atoms. The molecule has 2 amide bonds. The van der Waals surface area contributed by atoms with Crippen LogP contribution in [0.15, 0.2) is 30.9 Å². The molecule has 0 saturated heterocycles. The van der Waals surface area contributed by atoms with Crippen molar-refractivity contribution < 1.29 is 14.3 Å². The molecule has 124 valence electrons. The third-order valence-electron chi connectivity index (χ3n) is 3.73. The summed E-state index contributed by atoms with van der Waals surface area (Å²) in [7, 11) is 0. The lowest BCUT2D eigenvalue weighted by Crippen LogP contribution is -2.42. The van der Waals surface area contributed by atoms with Crippen LogP contribution in [0.5, 0.6) is 5.75 Å². The molecule has 2 rings (SSSR count). The van der Waals surface area contributed by atoms with Gasteiger partial charge >= 0.3 is 0 Å². The maximum atomic E-state index is 12.8. The van der Waals surface area contributed by atoms with Gasteiger partial charge in [0.1, 0.15) is 12.4 Å². The molecule has 0 bridgehead atoms. The summed E-state index contributed by atoms with van der Waals surface area (Å²) in [5.74, 6) is 0.580. The minimum atomic E-state index is -0.617. The van der Waals surface area contributed by atoms with E-state index in [1.165, 1.54) is 0 Å². The first-order chi connectivity index (χ1) is 10.9. The standard InChI is InChI=1S/C18H24N2O3/c1-5-7-16(21)19-13-8-9-15-14(11-13)20(10-6-2)17(22)18(3,4)12-23-15/h6,8-9,11H,2,5,7,10,12H2,1,3-4H3,(H,19,21). The molecule has 0 atom stereocenters. The van der Waals surface area contributed by atoms with Crippen LogP contribution in [-0.4, -0.2) is 25.0 Å². The fraction of sp³-hybridized carbons (Fsp3) is 0.444. The number of hydrogen-bond acceptors (Lipinski definition) is 3. The van der Waals surface area contributed by atoms with Gasteiger partial charge in [0.25, 0.3) is 0 Å². The summed E-state index contributed by atoms with van der Waals surface area (Å²) in [5.41, 5.74) is 0.704. The summed E-state index contributed by atoms with van der Waals surface area (Å²) in [5, 5.41) is 2.85. The Balaban J connectivity index is 2.38. The van der Waals surface area contributed by atoms with Crippen LogP contribution in [0.2, 0.25) is 0 Å². The van der Waals surface area contributed by atoms with E-state index in [0.29, 0.717) is 36.7 Å². The van der Waals surface area contributed by atoms with Crippen molar-refractivity contribution in [3.63, 3.8) is 0 Å². The van der Waals surface area contributed by atoms with Crippen molar-refractivity contribution in [2.75, 3.05) is 23.4 Å². The third-order valence-corrected chi connectivity index (χ3v) is 3.73. The van der Waals surface area contributed by atoms with E-state index < -0.39 is 5.41 Å². The van der Waals surface area contributed by atoms with E-state index >= 15 is 0 Å². The highest BCUT2D eigenvalue weighted by molar-refractivity contribution is 6.00. The number of rotatable bonds is 5. The maximum absolute atomic E-state index is 12.8. The molecule has 5 nitrogen and oxygen atoms in total. The zero-order valence-corrected chi connectivity index (χ0v) is 14.0. The van der Waals surface area contributed by atoms with Gasteiger partial charge in [0.15, 0.2) is 0 Å². The maximum Gasteiger partial charge on any atom is 0.236 e. The summed E-state index contributed by atoms with van der Waals surface area (Å²) in [6.07, 6.45) is 2.94. The van der Waals surface area contributed by atoms with Crippen LogP contribution in [0.3, 0.4) is 0 Å². The highest BCUT2D eigenvalue weighted by atomic mass is 16.5. The van der Waals surface area contributed by atoms with Crippen molar-refractivity contribution in [1.29, 1.82) is 0 Å². The van der Waals surface area contributed by atoms with Crippen LogP contribution >= 0.6 is 0 Å². The van der Waals surface area contributed by atoms with Crippen LogP contribution in [0, 0.1) is 5.41 Å². The first-order valence-corrected chi connectivity index (χ1v) is 7.88. The van der Waals surface area contributed by atoms with E-state index in [0.717, 1.165) is 6.42 Å². The Hall–Kier alpha value is -2.30. The Morgan fingerprint density at radius 2 is 2.22 bits per heavy atom. The SMILES string of the molecule is C=CCN1C(=O)C(C)(C)COc2ccc(NC(=O)CCC)cc21. The third kappa shape index (κ3) is 3.73. The van der Waals surface area contributed by atoms with Crippen LogP contribution in [0.1, 0.15) is 33.6 Å². The predicted molar refractivity (Wildman–Crippen MR) is 91.8 cm³/mol. The molecule has 5 heteroatoms. The largest absolute Gasteiger partial charge is 0.490 e. The molecular weight excluding hydrogens is 292 g/mol. The molecule has 1 heterocycles. The highest BCUT2D eigenvalue weighted by Crippen LogP contribution is 2.38. The van der Waals surface area contributed by atoms with Crippen molar-refractivity contribution in [3.05, 3.63) is 30.9 Å². The lowest BCUT2D eigenvalue weighted by molar-refractivity contribution is -0.127. The van der Waals surface area contributed by atoms with Crippen LogP contribution in [-0.2, 0) is 9.59 Å².